The third-order valence-corrected chi connectivity index (χ3v) is 5.41. The molecule has 0 N–H and O–H groups in total. The summed E-state index contributed by atoms with van der Waals surface area (Å²) in [4.78, 5) is 31.0. The number of carbonyl (C=O) groups excluding carboxylic acids is 2. The summed E-state index contributed by atoms with van der Waals surface area (Å²) in [7, 11) is 0. The highest BCUT2D eigenvalue weighted by molar-refractivity contribution is 5.94. The maximum Gasteiger partial charge on any atom is 0.253 e. The van der Waals surface area contributed by atoms with Crippen LogP contribution in [0.3, 0.4) is 0 Å². The fourth-order valence-electron chi connectivity index (χ4n) is 3.87. The number of carbonyl (C=O) groups is 2. The normalized spacial score (nSPS) is 20.5. The number of amides is 2. The summed E-state index contributed by atoms with van der Waals surface area (Å²) < 4.78 is 5.50. The van der Waals surface area contributed by atoms with Gasteiger partial charge >= 0.3 is 0 Å². The second-order valence-electron chi connectivity index (χ2n) is 7.08. The largest absolute Gasteiger partial charge is 0.493 e. The van der Waals surface area contributed by atoms with Crippen LogP contribution in [-0.2, 0) is 11.2 Å². The summed E-state index contributed by atoms with van der Waals surface area (Å²) in [6.45, 7) is 5.88. The van der Waals surface area contributed by atoms with Crippen molar-refractivity contribution < 1.29 is 14.3 Å². The molecule has 1 aromatic rings. The molecule has 2 fully saturated rings. The van der Waals surface area contributed by atoms with E-state index in [-0.39, 0.29) is 11.8 Å². The first-order valence-corrected chi connectivity index (χ1v) is 9.26. The summed E-state index contributed by atoms with van der Waals surface area (Å²) >= 11 is 0. The van der Waals surface area contributed by atoms with E-state index in [4.69, 9.17) is 4.74 Å². The minimum absolute atomic E-state index is 0.0835. The van der Waals surface area contributed by atoms with Crippen LogP contribution >= 0.6 is 0 Å². The van der Waals surface area contributed by atoms with Gasteiger partial charge in [0, 0.05) is 51.3 Å². The van der Waals surface area contributed by atoms with Crippen LogP contribution in [0.25, 0.3) is 0 Å². The van der Waals surface area contributed by atoms with Gasteiger partial charge in [-0.2, -0.15) is 0 Å². The van der Waals surface area contributed by atoms with Gasteiger partial charge in [-0.1, -0.05) is 0 Å². The summed E-state index contributed by atoms with van der Waals surface area (Å²) in [5.74, 6) is 1.22. The lowest BCUT2D eigenvalue weighted by Gasteiger charge is -2.35. The van der Waals surface area contributed by atoms with Gasteiger partial charge in [-0.3, -0.25) is 14.5 Å². The molecule has 0 saturated carbocycles. The van der Waals surface area contributed by atoms with Crippen molar-refractivity contribution in [3.63, 3.8) is 0 Å². The van der Waals surface area contributed by atoms with E-state index in [1.54, 1.807) is 0 Å². The van der Waals surface area contributed by atoms with Crippen LogP contribution in [0.5, 0.6) is 5.75 Å². The Kier molecular flexibility index (Phi) is 4.61. The lowest BCUT2D eigenvalue weighted by molar-refractivity contribution is -0.131. The third-order valence-electron chi connectivity index (χ3n) is 5.41. The van der Waals surface area contributed by atoms with Crippen molar-refractivity contribution in [1.29, 1.82) is 0 Å². The average molecular weight is 343 g/mol. The molecule has 6 heteroatoms. The van der Waals surface area contributed by atoms with Gasteiger partial charge in [0.2, 0.25) is 5.91 Å². The number of likely N-dealkylation sites (tertiary alicyclic amines) is 1. The second kappa shape index (κ2) is 7.04. The fraction of sp³-hybridized carbons (Fsp3) is 0.579. The minimum Gasteiger partial charge on any atom is -0.493 e. The number of hydrogen-bond donors (Lipinski definition) is 0. The van der Waals surface area contributed by atoms with Crippen LogP contribution < -0.4 is 4.74 Å². The molecule has 2 saturated heterocycles. The third kappa shape index (κ3) is 3.49. The monoisotopic (exact) mass is 343 g/mol. The molecule has 0 atom stereocenters. The van der Waals surface area contributed by atoms with Crippen LogP contribution in [0.2, 0.25) is 0 Å². The molecule has 0 aromatic heterocycles. The molecule has 0 aliphatic carbocycles. The molecule has 0 spiro atoms. The smallest absolute Gasteiger partial charge is 0.253 e. The Morgan fingerprint density at radius 3 is 2.48 bits per heavy atom. The van der Waals surface area contributed by atoms with Gasteiger partial charge in [0.25, 0.3) is 5.91 Å². The first kappa shape index (κ1) is 16.4. The Morgan fingerprint density at radius 2 is 1.72 bits per heavy atom. The Labute approximate surface area is 148 Å². The molecule has 3 aliphatic rings. The van der Waals surface area contributed by atoms with E-state index in [9.17, 15) is 9.59 Å². The minimum atomic E-state index is 0.0835. The molecule has 6 nitrogen and oxygen atoms in total. The van der Waals surface area contributed by atoms with E-state index in [0.29, 0.717) is 26.2 Å². The van der Waals surface area contributed by atoms with Crippen LogP contribution in [-0.4, -0.2) is 78.9 Å². The molecule has 0 unspecified atom stereocenters. The molecular formula is C19H25N3O3. The number of rotatable bonds is 3. The molecule has 0 radical (unpaired) electrons. The van der Waals surface area contributed by atoms with E-state index in [0.717, 1.165) is 62.3 Å². The Bertz CT molecular complexity index is 662. The maximum atomic E-state index is 12.7. The highest BCUT2D eigenvalue weighted by Gasteiger charge is 2.26. The second-order valence-corrected chi connectivity index (χ2v) is 7.08. The van der Waals surface area contributed by atoms with Gasteiger partial charge in [0.15, 0.2) is 0 Å². The van der Waals surface area contributed by atoms with Crippen molar-refractivity contribution in [1.82, 2.24) is 14.7 Å². The fourth-order valence-corrected chi connectivity index (χ4v) is 3.87. The van der Waals surface area contributed by atoms with Gasteiger partial charge in [-0.15, -0.1) is 0 Å². The quantitative estimate of drug-likeness (QED) is 0.822. The van der Waals surface area contributed by atoms with E-state index in [2.05, 4.69) is 4.90 Å². The molecule has 4 rings (SSSR count). The number of hydrogen-bond acceptors (Lipinski definition) is 4. The van der Waals surface area contributed by atoms with Crippen molar-refractivity contribution in [3.8, 4) is 5.75 Å². The standard InChI is InChI=1S/C19H25N3O3/c23-18(21-6-1-2-7-21)14-20-8-10-22(11-9-20)19(24)16-3-4-17-15(13-16)5-12-25-17/h3-4,13H,1-2,5-12,14H2. The Hall–Kier alpha value is -2.08. The van der Waals surface area contributed by atoms with Crippen molar-refractivity contribution in [2.75, 3.05) is 52.4 Å². The number of piperazine rings is 1. The number of benzene rings is 1. The van der Waals surface area contributed by atoms with Crippen molar-refractivity contribution in [2.45, 2.75) is 19.3 Å². The average Bonchev–Trinajstić information content (AvgIpc) is 3.32. The van der Waals surface area contributed by atoms with Crippen LogP contribution in [0, 0.1) is 0 Å². The lowest BCUT2D eigenvalue weighted by atomic mass is 10.1. The highest BCUT2D eigenvalue weighted by atomic mass is 16.5. The van der Waals surface area contributed by atoms with E-state index in [1.807, 2.05) is 28.0 Å². The van der Waals surface area contributed by atoms with Crippen molar-refractivity contribution >= 4 is 11.8 Å². The first-order chi connectivity index (χ1) is 12.2. The zero-order chi connectivity index (χ0) is 17.2. The Balaban J connectivity index is 1.30. The van der Waals surface area contributed by atoms with Gasteiger partial charge < -0.3 is 14.5 Å². The van der Waals surface area contributed by atoms with Gasteiger partial charge in [0.05, 0.1) is 13.2 Å². The summed E-state index contributed by atoms with van der Waals surface area (Å²) in [5, 5.41) is 0. The van der Waals surface area contributed by atoms with Crippen molar-refractivity contribution in [3.05, 3.63) is 29.3 Å². The van der Waals surface area contributed by atoms with Gasteiger partial charge in [-0.05, 0) is 36.6 Å². The Morgan fingerprint density at radius 1 is 0.960 bits per heavy atom. The predicted molar refractivity (Wildman–Crippen MR) is 93.8 cm³/mol. The number of nitrogens with zero attached hydrogens (tertiary/aromatic N) is 3. The molecule has 3 heterocycles. The topological polar surface area (TPSA) is 53.1 Å². The molecule has 1 aromatic carbocycles. The van der Waals surface area contributed by atoms with E-state index < -0.39 is 0 Å². The van der Waals surface area contributed by atoms with Crippen LogP contribution in [0.4, 0.5) is 0 Å². The molecule has 0 bridgehead atoms. The summed E-state index contributed by atoms with van der Waals surface area (Å²) in [6, 6.07) is 5.73. The lowest BCUT2D eigenvalue weighted by Crippen LogP contribution is -2.51. The molecule has 2 amide bonds. The summed E-state index contributed by atoms with van der Waals surface area (Å²) in [5.41, 5.74) is 1.87. The zero-order valence-corrected chi connectivity index (χ0v) is 14.6. The van der Waals surface area contributed by atoms with Crippen LogP contribution in [0.1, 0.15) is 28.8 Å². The van der Waals surface area contributed by atoms with Gasteiger partial charge in [0.1, 0.15) is 5.75 Å². The number of fused-ring (bicyclic) bond motifs is 1. The van der Waals surface area contributed by atoms with Crippen molar-refractivity contribution in [2.24, 2.45) is 0 Å². The van der Waals surface area contributed by atoms with Gasteiger partial charge in [-0.25, -0.2) is 0 Å². The van der Waals surface area contributed by atoms with Crippen LogP contribution in [0.15, 0.2) is 18.2 Å². The molecule has 134 valence electrons. The predicted octanol–water partition coefficient (Wildman–Crippen LogP) is 1.00. The SMILES string of the molecule is O=C(CN1CCN(C(=O)c2ccc3c(c2)CCO3)CC1)N1CCCC1. The molecule has 3 aliphatic heterocycles. The first-order valence-electron chi connectivity index (χ1n) is 9.26. The number of ether oxygens (including phenoxy) is 1. The molecule has 25 heavy (non-hydrogen) atoms. The van der Waals surface area contributed by atoms with E-state index >= 15 is 0 Å². The zero-order valence-electron chi connectivity index (χ0n) is 14.6. The highest BCUT2D eigenvalue weighted by Crippen LogP contribution is 2.26. The van der Waals surface area contributed by atoms with E-state index in [1.165, 1.54) is 0 Å². The summed E-state index contributed by atoms with van der Waals surface area (Å²) in [6.07, 6.45) is 3.13. The maximum absolute atomic E-state index is 12.7. The molecular weight excluding hydrogens is 318 g/mol.